The van der Waals surface area contributed by atoms with Crippen molar-refractivity contribution in [1.29, 1.82) is 0 Å². The summed E-state index contributed by atoms with van der Waals surface area (Å²) in [5.41, 5.74) is 5.45. The lowest BCUT2D eigenvalue weighted by atomic mass is 9.96. The number of rotatable bonds is 8. The third-order valence-corrected chi connectivity index (χ3v) is 6.46. The number of carbonyl (C=O) groups is 1. The molecule has 7 nitrogen and oxygen atoms in total. The molecular weight excluding hydrogens is 436 g/mol. The third-order valence-electron chi connectivity index (χ3n) is 6.11. The monoisotopic (exact) mass is 464 g/mol. The zero-order chi connectivity index (χ0) is 23.5. The topological polar surface area (TPSA) is 79.6 Å². The lowest BCUT2D eigenvalue weighted by molar-refractivity contribution is 0.0697. The summed E-state index contributed by atoms with van der Waals surface area (Å²) in [6.07, 6.45) is 2.66. The second kappa shape index (κ2) is 9.72. The van der Waals surface area contributed by atoms with Gasteiger partial charge in [-0.1, -0.05) is 6.07 Å². The molecule has 1 fully saturated rings. The van der Waals surface area contributed by atoms with Crippen LogP contribution in [0, 0.1) is 13.8 Å². The molecule has 0 saturated carbocycles. The molecule has 3 heterocycles. The number of aromatic nitrogens is 2. The summed E-state index contributed by atoms with van der Waals surface area (Å²) in [4.78, 5) is 18.1. The van der Waals surface area contributed by atoms with E-state index < -0.39 is 5.97 Å². The molecule has 2 aromatic heterocycles. The number of aromatic carboxylic acids is 1. The summed E-state index contributed by atoms with van der Waals surface area (Å²) in [7, 11) is 1.71. The number of pyridine rings is 1. The lowest BCUT2D eigenvalue weighted by Crippen LogP contribution is -2.31. The van der Waals surface area contributed by atoms with Gasteiger partial charge in [0.2, 0.25) is 0 Å². The quantitative estimate of drug-likeness (QED) is 0.382. The molecule has 0 aliphatic carbocycles. The van der Waals surface area contributed by atoms with E-state index in [2.05, 4.69) is 39.7 Å². The molecule has 1 aromatic carbocycles. The molecule has 0 amide bonds. The van der Waals surface area contributed by atoms with Crippen molar-refractivity contribution >= 4 is 23.3 Å². The van der Waals surface area contributed by atoms with Crippen LogP contribution in [0.2, 0.25) is 0 Å². The van der Waals surface area contributed by atoms with Crippen LogP contribution in [-0.4, -0.2) is 50.9 Å². The number of nitrogens with zero attached hydrogens (tertiary/aromatic N) is 3. The van der Waals surface area contributed by atoms with E-state index in [0.29, 0.717) is 11.7 Å². The summed E-state index contributed by atoms with van der Waals surface area (Å²) in [5.74, 6) is -0.932. The highest BCUT2D eigenvalue weighted by Crippen LogP contribution is 2.41. The molecular formula is C25H28N4O3S. The summed E-state index contributed by atoms with van der Waals surface area (Å²) >= 11 is 5.74. The first-order valence-electron chi connectivity index (χ1n) is 10.9. The Morgan fingerprint density at radius 3 is 2.61 bits per heavy atom. The van der Waals surface area contributed by atoms with Crippen LogP contribution in [-0.2, 0) is 4.74 Å². The lowest BCUT2D eigenvalue weighted by Gasteiger charge is -2.28. The largest absolute Gasteiger partial charge is 0.478 e. The molecule has 0 unspecified atom stereocenters. The number of thiocarbonyl (C=S) groups is 1. The summed E-state index contributed by atoms with van der Waals surface area (Å²) in [6.45, 7) is 5.59. The Balaban J connectivity index is 1.76. The zero-order valence-electron chi connectivity index (χ0n) is 19.0. The fourth-order valence-electron chi connectivity index (χ4n) is 4.60. The van der Waals surface area contributed by atoms with Crippen LogP contribution in [0.5, 0.6) is 0 Å². The van der Waals surface area contributed by atoms with E-state index in [1.165, 1.54) is 0 Å². The van der Waals surface area contributed by atoms with Gasteiger partial charge >= 0.3 is 5.97 Å². The van der Waals surface area contributed by atoms with Gasteiger partial charge in [0.1, 0.15) is 0 Å². The number of carboxylic acids is 1. The Bertz CT molecular complexity index is 1140. The van der Waals surface area contributed by atoms with Crippen LogP contribution >= 0.6 is 12.2 Å². The third kappa shape index (κ3) is 4.49. The summed E-state index contributed by atoms with van der Waals surface area (Å²) in [5, 5.41) is 13.4. The molecule has 4 rings (SSSR count). The van der Waals surface area contributed by atoms with Crippen molar-refractivity contribution in [3.63, 3.8) is 0 Å². The number of carboxylic acid groups (broad SMARTS) is 1. The van der Waals surface area contributed by atoms with Gasteiger partial charge in [-0.25, -0.2) is 4.79 Å². The van der Waals surface area contributed by atoms with Gasteiger partial charge in [-0.2, -0.15) is 0 Å². The average molecular weight is 465 g/mol. The summed E-state index contributed by atoms with van der Waals surface area (Å²) in [6, 6.07) is 15.0. The van der Waals surface area contributed by atoms with Crippen LogP contribution in [0.1, 0.15) is 51.5 Å². The standard InChI is InChI=1S/C25H28N4O3S/c1-16-15-20(17(2)29(16)19-10-8-18(9-11-19)24(30)31)23-22(21-7-4-5-12-26-21)27-25(33)28(23)13-6-14-32-3/h4-5,7-12,15,22-23H,6,13-14H2,1-3H3,(H,27,33)(H,30,31)/t22-,23-/m0/s1. The van der Waals surface area contributed by atoms with E-state index >= 15 is 0 Å². The van der Waals surface area contributed by atoms with Crippen LogP contribution < -0.4 is 5.32 Å². The van der Waals surface area contributed by atoms with Crippen molar-refractivity contribution in [3.05, 3.63) is 82.9 Å². The SMILES string of the molecule is COCCCN1C(=S)N[C@@H](c2ccccn2)[C@@H]1c1cc(C)n(-c2ccc(C(=O)O)cc2)c1C. The van der Waals surface area contributed by atoms with Crippen LogP contribution in [0.3, 0.4) is 0 Å². The van der Waals surface area contributed by atoms with Crippen molar-refractivity contribution in [2.75, 3.05) is 20.3 Å². The van der Waals surface area contributed by atoms with Crippen molar-refractivity contribution < 1.29 is 14.6 Å². The number of hydrogen-bond donors (Lipinski definition) is 2. The average Bonchev–Trinajstić information content (AvgIpc) is 3.29. The van der Waals surface area contributed by atoms with Gasteiger partial charge in [0, 0.05) is 43.5 Å². The van der Waals surface area contributed by atoms with Crippen molar-refractivity contribution in [1.82, 2.24) is 19.8 Å². The molecule has 0 radical (unpaired) electrons. The van der Waals surface area contributed by atoms with E-state index in [0.717, 1.165) is 41.3 Å². The zero-order valence-corrected chi connectivity index (χ0v) is 19.8. The molecule has 0 bridgehead atoms. The number of benzene rings is 1. The van der Waals surface area contributed by atoms with Gasteiger partial charge in [0.05, 0.1) is 23.3 Å². The van der Waals surface area contributed by atoms with E-state index in [9.17, 15) is 9.90 Å². The highest BCUT2D eigenvalue weighted by Gasteiger charge is 2.41. The van der Waals surface area contributed by atoms with Gasteiger partial charge in [-0.15, -0.1) is 0 Å². The maximum Gasteiger partial charge on any atom is 0.335 e. The Kier molecular flexibility index (Phi) is 6.76. The van der Waals surface area contributed by atoms with E-state index in [-0.39, 0.29) is 17.6 Å². The normalized spacial score (nSPS) is 17.9. The number of ether oxygens (including phenoxy) is 1. The van der Waals surface area contributed by atoms with Gasteiger partial charge in [0.15, 0.2) is 5.11 Å². The Labute approximate surface area is 199 Å². The molecule has 0 spiro atoms. The molecule has 1 aliphatic rings. The molecule has 1 saturated heterocycles. The van der Waals surface area contributed by atoms with E-state index in [4.69, 9.17) is 17.0 Å². The maximum atomic E-state index is 11.3. The van der Waals surface area contributed by atoms with Gasteiger partial charge in [-0.3, -0.25) is 4.98 Å². The second-order valence-corrected chi connectivity index (χ2v) is 8.57. The van der Waals surface area contributed by atoms with Gasteiger partial charge < -0.3 is 24.6 Å². The first kappa shape index (κ1) is 22.9. The number of hydrogen-bond acceptors (Lipinski definition) is 4. The molecule has 1 aliphatic heterocycles. The Morgan fingerprint density at radius 1 is 1.21 bits per heavy atom. The fraction of sp³-hybridized carbons (Fsp3) is 0.320. The molecule has 172 valence electrons. The molecule has 2 N–H and O–H groups in total. The maximum absolute atomic E-state index is 11.3. The van der Waals surface area contributed by atoms with Crippen molar-refractivity contribution in [2.45, 2.75) is 32.4 Å². The van der Waals surface area contributed by atoms with Crippen molar-refractivity contribution in [3.8, 4) is 5.69 Å². The van der Waals surface area contributed by atoms with Gasteiger partial charge in [0.25, 0.3) is 0 Å². The molecule has 33 heavy (non-hydrogen) atoms. The van der Waals surface area contributed by atoms with Crippen LogP contribution in [0.25, 0.3) is 5.69 Å². The first-order valence-corrected chi connectivity index (χ1v) is 11.3. The predicted octanol–water partition coefficient (Wildman–Crippen LogP) is 4.20. The van der Waals surface area contributed by atoms with Crippen LogP contribution in [0.15, 0.2) is 54.7 Å². The van der Waals surface area contributed by atoms with Gasteiger partial charge in [-0.05, 0) is 80.5 Å². The summed E-state index contributed by atoms with van der Waals surface area (Å²) < 4.78 is 7.43. The highest BCUT2D eigenvalue weighted by molar-refractivity contribution is 7.80. The fourth-order valence-corrected chi connectivity index (χ4v) is 4.93. The highest BCUT2D eigenvalue weighted by atomic mass is 32.1. The molecule has 8 heteroatoms. The molecule has 3 aromatic rings. The van der Waals surface area contributed by atoms with Crippen LogP contribution in [0.4, 0.5) is 0 Å². The second-order valence-electron chi connectivity index (χ2n) is 8.18. The van der Waals surface area contributed by atoms with Crippen molar-refractivity contribution in [2.24, 2.45) is 0 Å². The molecule has 2 atom stereocenters. The van der Waals surface area contributed by atoms with E-state index in [1.807, 2.05) is 30.3 Å². The Morgan fingerprint density at radius 2 is 1.97 bits per heavy atom. The predicted molar refractivity (Wildman–Crippen MR) is 131 cm³/mol. The minimum absolute atomic E-state index is 0.0255. The minimum Gasteiger partial charge on any atom is -0.478 e. The number of methoxy groups -OCH3 is 1. The first-order chi connectivity index (χ1) is 15.9. The van der Waals surface area contributed by atoms with E-state index in [1.54, 1.807) is 25.4 Å². The number of aryl methyl sites for hydroxylation is 1. The Hall–Kier alpha value is -3.23. The number of nitrogens with one attached hydrogen (secondary N) is 1. The minimum atomic E-state index is -0.932. The smallest absolute Gasteiger partial charge is 0.335 e.